The summed E-state index contributed by atoms with van der Waals surface area (Å²) < 4.78 is 12.4. The molecule has 3 rings (SSSR count). The Labute approximate surface area is 190 Å². The fourth-order valence-electron chi connectivity index (χ4n) is 3.67. The molecule has 2 heterocycles. The van der Waals surface area contributed by atoms with Crippen molar-refractivity contribution in [1.82, 2.24) is 25.5 Å². The zero-order chi connectivity index (χ0) is 24.3. The highest BCUT2D eigenvalue weighted by molar-refractivity contribution is 7.52. The van der Waals surface area contributed by atoms with Crippen LogP contribution in [0.25, 0.3) is 11.5 Å². The molecule has 0 spiro atoms. The van der Waals surface area contributed by atoms with E-state index in [4.69, 9.17) is 0 Å². The van der Waals surface area contributed by atoms with Gasteiger partial charge in [0, 0.05) is 12.4 Å². The highest BCUT2D eigenvalue weighted by atomic mass is 31.2. The van der Waals surface area contributed by atoms with Crippen molar-refractivity contribution in [2.75, 3.05) is 0 Å². The molecule has 3 aromatic rings. The summed E-state index contributed by atoms with van der Waals surface area (Å²) in [6.07, 6.45) is 2.51. The second-order valence-corrected chi connectivity index (χ2v) is 9.90. The molecule has 0 fully saturated rings. The van der Waals surface area contributed by atoms with Gasteiger partial charge in [0.25, 0.3) is 11.5 Å². The molecule has 11 heteroatoms. The normalized spacial score (nSPS) is 12.7. The van der Waals surface area contributed by atoms with Crippen LogP contribution in [0.4, 0.5) is 0 Å². The second-order valence-electron chi connectivity index (χ2n) is 8.21. The van der Waals surface area contributed by atoms with Crippen LogP contribution in [-0.2, 0) is 4.57 Å². The van der Waals surface area contributed by atoms with E-state index in [2.05, 4.69) is 25.5 Å². The van der Waals surface area contributed by atoms with Gasteiger partial charge in [0.15, 0.2) is 11.6 Å². The Morgan fingerprint density at radius 3 is 2.30 bits per heavy atom. The number of H-pyrrole nitrogens is 1. The summed E-state index contributed by atoms with van der Waals surface area (Å²) in [5.41, 5.74) is 1.16. The number of hydrogen-bond donors (Lipinski definition) is 4. The highest BCUT2D eigenvalue weighted by Gasteiger charge is 2.35. The third-order valence-electron chi connectivity index (χ3n) is 5.13. The van der Waals surface area contributed by atoms with Crippen LogP contribution in [0.5, 0.6) is 0 Å². The molecule has 4 N–H and O–H groups in total. The maximum atomic E-state index is 12.9. The summed E-state index contributed by atoms with van der Waals surface area (Å²) in [5.74, 6) is -2.41. The first-order chi connectivity index (χ1) is 15.5. The number of aromatic nitrogens is 4. The van der Waals surface area contributed by atoms with Crippen LogP contribution in [0.1, 0.15) is 72.4 Å². The Morgan fingerprint density at radius 2 is 1.76 bits per heavy atom. The van der Waals surface area contributed by atoms with Crippen molar-refractivity contribution in [3.8, 4) is 11.5 Å². The lowest BCUT2D eigenvalue weighted by atomic mass is 9.87. The molecule has 10 nitrogen and oxygen atoms in total. The number of carbonyl (C=O) groups is 1. The molecule has 33 heavy (non-hydrogen) atoms. The van der Waals surface area contributed by atoms with E-state index in [1.807, 2.05) is 33.8 Å². The Bertz CT molecular complexity index is 1250. The number of benzene rings is 1. The number of nitrogens with zero attached hydrogens (tertiary/aromatic N) is 3. The number of carbonyl (C=O) groups excluding carboxylic acids is 1. The third-order valence-corrected chi connectivity index (χ3v) is 6.21. The predicted molar refractivity (Wildman–Crippen MR) is 123 cm³/mol. The van der Waals surface area contributed by atoms with Crippen molar-refractivity contribution in [3.05, 3.63) is 75.3 Å². The first kappa shape index (κ1) is 24.4. The minimum atomic E-state index is -4.84. The van der Waals surface area contributed by atoms with E-state index in [1.54, 1.807) is 24.3 Å². The van der Waals surface area contributed by atoms with E-state index >= 15 is 0 Å². The van der Waals surface area contributed by atoms with Crippen LogP contribution >= 0.6 is 7.60 Å². The van der Waals surface area contributed by atoms with Crippen LogP contribution in [-0.4, -0.2) is 35.9 Å². The van der Waals surface area contributed by atoms with Gasteiger partial charge in [-0.25, -0.2) is 4.98 Å². The number of rotatable bonds is 7. The van der Waals surface area contributed by atoms with Crippen LogP contribution in [0.2, 0.25) is 0 Å². The summed E-state index contributed by atoms with van der Waals surface area (Å²) >= 11 is 0. The van der Waals surface area contributed by atoms with Gasteiger partial charge in [0.1, 0.15) is 11.3 Å². The van der Waals surface area contributed by atoms with Crippen molar-refractivity contribution in [1.29, 1.82) is 0 Å². The first-order valence-electron chi connectivity index (χ1n) is 10.4. The first-order valence-corrected chi connectivity index (χ1v) is 12.0. The van der Waals surface area contributed by atoms with Crippen LogP contribution < -0.4 is 10.9 Å². The molecular formula is C22H26N5O5P. The zero-order valence-corrected chi connectivity index (χ0v) is 19.6. The smallest absolute Gasteiger partial charge is 0.334 e. The van der Waals surface area contributed by atoms with Crippen LogP contribution in [0, 0.1) is 0 Å². The largest absolute Gasteiger partial charge is 0.352 e. The molecule has 1 atom stereocenters. The lowest BCUT2D eigenvalue weighted by Crippen LogP contribution is -2.34. The number of amides is 1. The van der Waals surface area contributed by atoms with Gasteiger partial charge in [-0.2, -0.15) is 5.10 Å². The van der Waals surface area contributed by atoms with Crippen molar-refractivity contribution in [3.63, 3.8) is 0 Å². The van der Waals surface area contributed by atoms with Gasteiger partial charge in [0.05, 0.1) is 0 Å². The van der Waals surface area contributed by atoms with Crippen LogP contribution in [0.3, 0.4) is 0 Å². The minimum absolute atomic E-state index is 0.0547. The summed E-state index contributed by atoms with van der Waals surface area (Å²) in [5, 5.41) is 9.92. The van der Waals surface area contributed by atoms with E-state index in [9.17, 15) is 23.9 Å². The molecule has 174 valence electrons. The second kappa shape index (κ2) is 9.74. The van der Waals surface area contributed by atoms with Crippen molar-refractivity contribution < 1.29 is 19.1 Å². The number of aromatic amines is 1. The van der Waals surface area contributed by atoms with Crippen molar-refractivity contribution >= 4 is 13.5 Å². The molecule has 0 aliphatic heterocycles. The van der Waals surface area contributed by atoms with Crippen LogP contribution in [0.15, 0.2) is 47.5 Å². The van der Waals surface area contributed by atoms with E-state index in [0.717, 1.165) is 17.3 Å². The van der Waals surface area contributed by atoms with Gasteiger partial charge in [-0.1, -0.05) is 45.9 Å². The Balaban J connectivity index is 2.01. The van der Waals surface area contributed by atoms with Gasteiger partial charge in [0.2, 0.25) is 0 Å². The van der Waals surface area contributed by atoms with Gasteiger partial charge in [-0.15, -0.1) is 5.10 Å². The molecule has 0 saturated carbocycles. The molecule has 2 aromatic heterocycles. The molecule has 1 aromatic carbocycles. The van der Waals surface area contributed by atoms with Crippen molar-refractivity contribution in [2.24, 2.45) is 0 Å². The van der Waals surface area contributed by atoms with E-state index in [1.165, 1.54) is 6.20 Å². The van der Waals surface area contributed by atoms with Gasteiger partial charge in [-0.05, 0) is 40.7 Å². The Morgan fingerprint density at radius 1 is 1.06 bits per heavy atom. The van der Waals surface area contributed by atoms with Gasteiger partial charge in [-0.3, -0.25) is 14.2 Å². The zero-order valence-electron chi connectivity index (χ0n) is 18.7. The molecule has 0 bridgehead atoms. The SMILES string of the molecule is CC(C)c1cccc(C(NC(=O)c2cnc(-c3cccnn3)[nH]c2=O)P(=O)(O)O)c1C(C)C. The summed E-state index contributed by atoms with van der Waals surface area (Å²) in [6.45, 7) is 7.81. The Kier molecular flexibility index (Phi) is 7.22. The van der Waals surface area contributed by atoms with E-state index in [-0.39, 0.29) is 23.2 Å². The number of nitrogens with one attached hydrogen (secondary N) is 2. The molecular weight excluding hydrogens is 445 g/mol. The molecule has 0 aliphatic rings. The lowest BCUT2D eigenvalue weighted by molar-refractivity contribution is 0.0940. The quantitative estimate of drug-likeness (QED) is 0.383. The van der Waals surface area contributed by atoms with E-state index < -0.39 is 24.8 Å². The Hall–Kier alpha value is -3.20. The van der Waals surface area contributed by atoms with Crippen molar-refractivity contribution in [2.45, 2.75) is 45.3 Å². The molecule has 0 radical (unpaired) electrons. The maximum Gasteiger partial charge on any atom is 0.352 e. The molecule has 1 amide bonds. The highest BCUT2D eigenvalue weighted by Crippen LogP contribution is 2.52. The minimum Gasteiger partial charge on any atom is -0.334 e. The van der Waals surface area contributed by atoms with E-state index in [0.29, 0.717) is 11.3 Å². The summed E-state index contributed by atoms with van der Waals surface area (Å²) in [6, 6.07) is 8.40. The standard InChI is InChI=1S/C22H26N5O5P/c1-12(2)14-7-5-8-15(18(14)13(3)4)22(33(30,31)32)26-21(29)16-11-23-19(25-20(16)28)17-9-6-10-24-27-17/h5-13,22H,1-4H3,(H,26,29)(H,23,25,28)(H2,30,31,32). The maximum absolute atomic E-state index is 12.9. The fraction of sp³-hybridized carbons (Fsp3) is 0.318. The topological polar surface area (TPSA) is 158 Å². The average molecular weight is 471 g/mol. The third kappa shape index (κ3) is 5.42. The number of hydrogen-bond acceptors (Lipinski definition) is 6. The molecule has 0 saturated heterocycles. The lowest BCUT2D eigenvalue weighted by Gasteiger charge is -2.27. The molecule has 0 aliphatic carbocycles. The van der Waals surface area contributed by atoms with Gasteiger partial charge >= 0.3 is 7.60 Å². The van der Waals surface area contributed by atoms with Gasteiger partial charge < -0.3 is 20.1 Å². The monoisotopic (exact) mass is 471 g/mol. The predicted octanol–water partition coefficient (Wildman–Crippen LogP) is 3.08. The molecule has 1 unspecified atom stereocenters. The summed E-state index contributed by atoms with van der Waals surface area (Å²) in [7, 11) is -4.84. The average Bonchev–Trinajstić information content (AvgIpc) is 2.76. The summed E-state index contributed by atoms with van der Waals surface area (Å²) in [4.78, 5) is 52.1. The fourth-order valence-corrected chi connectivity index (χ4v) is 4.54.